The topological polar surface area (TPSA) is 78.5 Å². The number of hydrogen-bond donors (Lipinski definition) is 2. The Morgan fingerprint density at radius 1 is 1.07 bits per heavy atom. The second kappa shape index (κ2) is 11.0. The SMILES string of the molecule is CCCNCCNC(=O)c1ccc(S(=O)(=O)N2CC(C)CC(C)C2)cc1.Cl. The first kappa shape index (κ1) is 23.9. The van der Waals surface area contributed by atoms with Crippen LogP contribution in [0.15, 0.2) is 29.2 Å². The number of halogens is 1. The number of sulfonamides is 1. The summed E-state index contributed by atoms with van der Waals surface area (Å²) in [4.78, 5) is 12.4. The number of rotatable bonds is 8. The summed E-state index contributed by atoms with van der Waals surface area (Å²) in [6.45, 7) is 9.56. The summed E-state index contributed by atoms with van der Waals surface area (Å²) in [5, 5.41) is 6.04. The van der Waals surface area contributed by atoms with Crippen LogP contribution in [0.2, 0.25) is 0 Å². The average Bonchev–Trinajstić information content (AvgIpc) is 2.60. The Morgan fingerprint density at radius 2 is 1.67 bits per heavy atom. The van der Waals surface area contributed by atoms with Crippen LogP contribution in [0.5, 0.6) is 0 Å². The van der Waals surface area contributed by atoms with Gasteiger partial charge in [-0.25, -0.2) is 8.42 Å². The number of nitrogens with zero attached hydrogens (tertiary/aromatic N) is 1. The van der Waals surface area contributed by atoms with Crippen molar-refractivity contribution in [2.24, 2.45) is 11.8 Å². The number of amides is 1. The van der Waals surface area contributed by atoms with Crippen LogP contribution < -0.4 is 10.6 Å². The van der Waals surface area contributed by atoms with Gasteiger partial charge in [0.25, 0.3) is 5.91 Å². The van der Waals surface area contributed by atoms with Gasteiger partial charge in [0.15, 0.2) is 0 Å². The molecule has 1 saturated heterocycles. The van der Waals surface area contributed by atoms with Gasteiger partial charge >= 0.3 is 0 Å². The van der Waals surface area contributed by atoms with Crippen molar-refractivity contribution in [3.8, 4) is 0 Å². The number of benzene rings is 1. The lowest BCUT2D eigenvalue weighted by atomic mass is 9.94. The largest absolute Gasteiger partial charge is 0.351 e. The molecule has 1 fully saturated rings. The molecule has 1 heterocycles. The Morgan fingerprint density at radius 3 is 2.22 bits per heavy atom. The van der Waals surface area contributed by atoms with Gasteiger partial charge in [-0.1, -0.05) is 20.8 Å². The molecule has 0 saturated carbocycles. The minimum absolute atomic E-state index is 0. The smallest absolute Gasteiger partial charge is 0.251 e. The summed E-state index contributed by atoms with van der Waals surface area (Å²) in [7, 11) is -3.51. The van der Waals surface area contributed by atoms with Crippen molar-refractivity contribution in [2.45, 2.75) is 38.5 Å². The highest BCUT2D eigenvalue weighted by atomic mass is 35.5. The van der Waals surface area contributed by atoms with E-state index in [4.69, 9.17) is 0 Å². The zero-order chi connectivity index (χ0) is 19.2. The van der Waals surface area contributed by atoms with E-state index in [2.05, 4.69) is 31.4 Å². The third-order valence-electron chi connectivity index (χ3n) is 4.60. The monoisotopic (exact) mass is 417 g/mol. The van der Waals surface area contributed by atoms with Crippen LogP contribution >= 0.6 is 12.4 Å². The second-order valence-corrected chi connectivity index (χ2v) is 9.24. The first-order valence-corrected chi connectivity index (χ1v) is 10.9. The number of piperidine rings is 1. The van der Waals surface area contributed by atoms with Gasteiger partial charge in [-0.3, -0.25) is 4.79 Å². The fourth-order valence-corrected chi connectivity index (χ4v) is 5.08. The zero-order valence-electron chi connectivity index (χ0n) is 16.4. The molecule has 0 aliphatic carbocycles. The quantitative estimate of drug-likeness (QED) is 0.637. The summed E-state index contributed by atoms with van der Waals surface area (Å²) in [5.74, 6) is 0.534. The van der Waals surface area contributed by atoms with Gasteiger partial charge in [-0.05, 0) is 55.5 Å². The first-order chi connectivity index (χ1) is 12.3. The minimum atomic E-state index is -3.51. The highest BCUT2D eigenvalue weighted by Gasteiger charge is 2.31. The molecule has 154 valence electrons. The van der Waals surface area contributed by atoms with E-state index >= 15 is 0 Å². The van der Waals surface area contributed by atoms with Crippen LogP contribution in [0.1, 0.15) is 44.0 Å². The summed E-state index contributed by atoms with van der Waals surface area (Å²) >= 11 is 0. The average molecular weight is 418 g/mol. The van der Waals surface area contributed by atoms with E-state index in [-0.39, 0.29) is 23.2 Å². The van der Waals surface area contributed by atoms with Crippen molar-refractivity contribution in [1.29, 1.82) is 0 Å². The molecular formula is C19H32ClN3O3S. The number of carbonyl (C=O) groups is 1. The Labute approximate surface area is 169 Å². The number of nitrogens with one attached hydrogen (secondary N) is 2. The maximum Gasteiger partial charge on any atom is 0.251 e. The normalized spacial score (nSPS) is 20.7. The summed E-state index contributed by atoms with van der Waals surface area (Å²) in [6, 6.07) is 6.23. The molecule has 27 heavy (non-hydrogen) atoms. The van der Waals surface area contributed by atoms with Gasteiger partial charge in [0.2, 0.25) is 10.0 Å². The maximum absolute atomic E-state index is 12.8. The van der Waals surface area contributed by atoms with E-state index in [1.54, 1.807) is 16.4 Å². The van der Waals surface area contributed by atoms with E-state index in [0.29, 0.717) is 37.0 Å². The van der Waals surface area contributed by atoms with E-state index in [1.165, 1.54) is 12.1 Å². The standard InChI is InChI=1S/C19H31N3O3S.ClH/c1-4-9-20-10-11-21-19(23)17-5-7-18(8-6-17)26(24,25)22-13-15(2)12-16(3)14-22;/h5-8,15-16,20H,4,9-14H2,1-3H3,(H,21,23);1H. The molecule has 8 heteroatoms. The molecule has 0 radical (unpaired) electrons. The van der Waals surface area contributed by atoms with Crippen molar-refractivity contribution < 1.29 is 13.2 Å². The Hall–Kier alpha value is -1.15. The lowest BCUT2D eigenvalue weighted by molar-refractivity contribution is 0.0954. The molecule has 2 unspecified atom stereocenters. The molecule has 1 aromatic carbocycles. The van der Waals surface area contributed by atoms with E-state index in [9.17, 15) is 13.2 Å². The predicted octanol–water partition coefficient (Wildman–Crippen LogP) is 2.50. The molecule has 0 spiro atoms. The van der Waals surface area contributed by atoms with Crippen molar-refractivity contribution >= 4 is 28.3 Å². The van der Waals surface area contributed by atoms with Crippen LogP contribution in [0.3, 0.4) is 0 Å². The van der Waals surface area contributed by atoms with Gasteiger partial charge in [-0.2, -0.15) is 4.31 Å². The third kappa shape index (κ3) is 6.75. The highest BCUT2D eigenvalue weighted by Crippen LogP contribution is 2.26. The van der Waals surface area contributed by atoms with E-state index in [0.717, 1.165) is 25.9 Å². The van der Waals surface area contributed by atoms with Gasteiger partial charge in [-0.15, -0.1) is 12.4 Å². The molecule has 1 aromatic rings. The summed E-state index contributed by atoms with van der Waals surface area (Å²) < 4.78 is 27.3. The lowest BCUT2D eigenvalue weighted by Gasteiger charge is -2.34. The molecule has 2 N–H and O–H groups in total. The van der Waals surface area contributed by atoms with Crippen LogP contribution in [-0.2, 0) is 10.0 Å². The number of hydrogen-bond acceptors (Lipinski definition) is 4. The third-order valence-corrected chi connectivity index (χ3v) is 6.45. The molecule has 1 amide bonds. The highest BCUT2D eigenvalue weighted by molar-refractivity contribution is 7.89. The van der Waals surface area contributed by atoms with Gasteiger partial charge in [0.05, 0.1) is 4.90 Å². The van der Waals surface area contributed by atoms with Crippen LogP contribution in [0.4, 0.5) is 0 Å². The van der Waals surface area contributed by atoms with Crippen molar-refractivity contribution in [2.75, 3.05) is 32.7 Å². The zero-order valence-corrected chi connectivity index (χ0v) is 18.0. The molecular weight excluding hydrogens is 386 g/mol. The fourth-order valence-electron chi connectivity index (χ4n) is 3.40. The van der Waals surface area contributed by atoms with Gasteiger partial charge < -0.3 is 10.6 Å². The van der Waals surface area contributed by atoms with Crippen molar-refractivity contribution in [3.05, 3.63) is 29.8 Å². The van der Waals surface area contributed by atoms with Gasteiger partial charge in [0, 0.05) is 31.7 Å². The molecule has 1 aliphatic rings. The molecule has 1 aliphatic heterocycles. The van der Waals surface area contributed by atoms with Crippen LogP contribution in [-0.4, -0.2) is 51.4 Å². The molecule has 2 rings (SSSR count). The Bertz CT molecular complexity index is 685. The molecule has 2 atom stereocenters. The predicted molar refractivity (Wildman–Crippen MR) is 111 cm³/mol. The maximum atomic E-state index is 12.8. The van der Waals surface area contributed by atoms with Crippen LogP contribution in [0, 0.1) is 11.8 Å². The summed E-state index contributed by atoms with van der Waals surface area (Å²) in [5.41, 5.74) is 0.472. The fraction of sp³-hybridized carbons (Fsp3) is 0.632. The van der Waals surface area contributed by atoms with Crippen LogP contribution in [0.25, 0.3) is 0 Å². The van der Waals surface area contributed by atoms with E-state index in [1.807, 2.05) is 0 Å². The molecule has 0 bridgehead atoms. The Balaban J connectivity index is 0.00000364. The van der Waals surface area contributed by atoms with E-state index < -0.39 is 10.0 Å². The number of carbonyl (C=O) groups excluding carboxylic acids is 1. The van der Waals surface area contributed by atoms with Crippen molar-refractivity contribution in [3.63, 3.8) is 0 Å². The first-order valence-electron chi connectivity index (χ1n) is 9.43. The van der Waals surface area contributed by atoms with Crippen molar-refractivity contribution in [1.82, 2.24) is 14.9 Å². The molecule has 0 aromatic heterocycles. The summed E-state index contributed by atoms with van der Waals surface area (Å²) in [6.07, 6.45) is 2.11. The molecule has 6 nitrogen and oxygen atoms in total. The second-order valence-electron chi connectivity index (χ2n) is 7.30. The van der Waals surface area contributed by atoms with Gasteiger partial charge in [0.1, 0.15) is 0 Å². The lowest BCUT2D eigenvalue weighted by Crippen LogP contribution is -2.42. The minimum Gasteiger partial charge on any atom is -0.351 e. The Kier molecular flexibility index (Phi) is 9.73.